The summed E-state index contributed by atoms with van der Waals surface area (Å²) in [6.45, 7) is 15.8. The third kappa shape index (κ3) is 11.0. The molecule has 0 aromatic carbocycles. The van der Waals surface area contributed by atoms with Crippen molar-refractivity contribution in [3.8, 4) is 0 Å². The summed E-state index contributed by atoms with van der Waals surface area (Å²) in [6, 6.07) is 0. The molecule has 1 fully saturated rings. The van der Waals surface area contributed by atoms with E-state index in [9.17, 15) is 0 Å². The van der Waals surface area contributed by atoms with Crippen LogP contribution in [0.3, 0.4) is 0 Å². The summed E-state index contributed by atoms with van der Waals surface area (Å²) < 4.78 is 6.26. The van der Waals surface area contributed by atoms with Crippen LogP contribution in [0.1, 0.15) is 79.6 Å². The number of ether oxygens (including phenoxy) is 1. The van der Waals surface area contributed by atoms with Gasteiger partial charge in [-0.2, -0.15) is 0 Å². The van der Waals surface area contributed by atoms with Gasteiger partial charge in [-0.25, -0.2) is 0 Å². The molecule has 2 nitrogen and oxygen atoms in total. The molecule has 1 rings (SSSR count). The lowest BCUT2D eigenvalue weighted by atomic mass is 10.1. The minimum absolute atomic E-state index is 0.0541. The van der Waals surface area contributed by atoms with Crippen LogP contribution >= 0.6 is 21.6 Å². The van der Waals surface area contributed by atoms with Gasteiger partial charge in [0.05, 0.1) is 12.2 Å². The predicted molar refractivity (Wildman–Crippen MR) is 109 cm³/mol. The van der Waals surface area contributed by atoms with Gasteiger partial charge in [0.2, 0.25) is 0 Å². The topological polar surface area (TPSA) is 12.5 Å². The monoisotopic (exact) mass is 361 g/mol. The van der Waals surface area contributed by atoms with Gasteiger partial charge in [-0.15, -0.1) is 0 Å². The van der Waals surface area contributed by atoms with E-state index in [0.29, 0.717) is 4.75 Å². The van der Waals surface area contributed by atoms with Gasteiger partial charge in [-0.3, -0.25) is 4.90 Å². The Balaban J connectivity index is 2.13. The van der Waals surface area contributed by atoms with Crippen molar-refractivity contribution in [2.45, 2.75) is 89.9 Å². The molecule has 0 spiro atoms. The van der Waals surface area contributed by atoms with Gasteiger partial charge in [0.1, 0.15) is 0 Å². The lowest BCUT2D eigenvalue weighted by molar-refractivity contribution is -0.00861. The molecule has 4 heteroatoms. The average Bonchev–Trinajstić information content (AvgIpc) is 2.62. The van der Waals surface area contributed by atoms with Gasteiger partial charge in [0.15, 0.2) is 0 Å². The first-order valence-corrected chi connectivity index (χ1v) is 11.8. The van der Waals surface area contributed by atoms with Gasteiger partial charge >= 0.3 is 0 Å². The van der Waals surface area contributed by atoms with Gasteiger partial charge in [0.25, 0.3) is 0 Å². The molecule has 0 atom stereocenters. The van der Waals surface area contributed by atoms with E-state index in [1.165, 1.54) is 57.4 Å². The Bertz CT molecular complexity index is 308. The Morgan fingerprint density at radius 1 is 1.04 bits per heavy atom. The van der Waals surface area contributed by atoms with E-state index in [-0.39, 0.29) is 5.60 Å². The zero-order valence-corrected chi connectivity index (χ0v) is 17.8. The smallest absolute Gasteiger partial charge is 0.0639 e. The molecule has 1 aliphatic rings. The van der Waals surface area contributed by atoms with E-state index in [2.05, 4.69) is 61.1 Å². The van der Waals surface area contributed by atoms with E-state index in [4.69, 9.17) is 4.74 Å². The number of rotatable bonds is 11. The summed E-state index contributed by atoms with van der Waals surface area (Å²) >= 11 is 0. The fraction of sp³-hybridized carbons (Fsp3) is 1.00. The first-order valence-electron chi connectivity index (χ1n) is 9.52. The average molecular weight is 362 g/mol. The molecule has 0 unspecified atom stereocenters. The van der Waals surface area contributed by atoms with Crippen LogP contribution in [0, 0.1) is 0 Å². The maximum absolute atomic E-state index is 5.93. The van der Waals surface area contributed by atoms with Gasteiger partial charge in [-0.1, -0.05) is 60.6 Å². The quantitative estimate of drug-likeness (QED) is 0.330. The highest BCUT2D eigenvalue weighted by Crippen LogP contribution is 2.37. The Kier molecular flexibility index (Phi) is 10.6. The van der Waals surface area contributed by atoms with E-state index in [1.54, 1.807) is 0 Å². The number of unbranched alkanes of at least 4 members (excludes halogenated alkanes) is 5. The maximum Gasteiger partial charge on any atom is 0.0639 e. The summed E-state index contributed by atoms with van der Waals surface area (Å²) in [5.41, 5.74) is 0.0541. The van der Waals surface area contributed by atoms with Crippen molar-refractivity contribution in [2.24, 2.45) is 0 Å². The van der Waals surface area contributed by atoms with E-state index < -0.39 is 0 Å². The second-order valence-electron chi connectivity index (χ2n) is 8.07. The summed E-state index contributed by atoms with van der Waals surface area (Å²) in [7, 11) is 4.16. The van der Waals surface area contributed by atoms with Gasteiger partial charge in [0, 0.05) is 30.1 Å². The Hall–Kier alpha value is 0.620. The van der Waals surface area contributed by atoms with Crippen LogP contribution in [0.2, 0.25) is 0 Å². The van der Waals surface area contributed by atoms with Crippen molar-refractivity contribution in [2.75, 3.05) is 32.0 Å². The zero-order chi connectivity index (χ0) is 17.2. The van der Waals surface area contributed by atoms with Crippen molar-refractivity contribution in [3.63, 3.8) is 0 Å². The molecule has 0 aromatic rings. The van der Waals surface area contributed by atoms with E-state index >= 15 is 0 Å². The van der Waals surface area contributed by atoms with Crippen molar-refractivity contribution < 1.29 is 4.74 Å². The van der Waals surface area contributed by atoms with E-state index in [0.717, 1.165) is 19.6 Å². The summed E-state index contributed by atoms with van der Waals surface area (Å²) in [5, 5.41) is 0. The Morgan fingerprint density at radius 3 is 2.48 bits per heavy atom. The first-order chi connectivity index (χ1) is 10.8. The lowest BCUT2D eigenvalue weighted by Crippen LogP contribution is -2.38. The SMILES string of the molecule is CCCCCCCCSSC(C)(C)CN1CCOC(C)(C)CC1. The number of nitrogens with zero attached hydrogens (tertiary/aromatic N) is 1. The fourth-order valence-electron chi connectivity index (χ4n) is 2.93. The molecule has 1 saturated heterocycles. The predicted octanol–water partition coefficient (Wildman–Crippen LogP) is 6.01. The lowest BCUT2D eigenvalue weighted by Gasteiger charge is -2.31. The molecule has 23 heavy (non-hydrogen) atoms. The summed E-state index contributed by atoms with van der Waals surface area (Å²) in [5.74, 6) is 1.30. The largest absolute Gasteiger partial charge is 0.374 e. The molecule has 0 bridgehead atoms. The second kappa shape index (κ2) is 11.3. The molecule has 0 saturated carbocycles. The summed E-state index contributed by atoms with van der Waals surface area (Å²) in [4.78, 5) is 2.59. The van der Waals surface area contributed by atoms with Crippen molar-refractivity contribution in [1.82, 2.24) is 4.90 Å². The molecule has 1 aliphatic heterocycles. The van der Waals surface area contributed by atoms with Crippen LogP contribution in [0.15, 0.2) is 0 Å². The molecule has 0 amide bonds. The Labute approximate surface area is 153 Å². The van der Waals surface area contributed by atoms with Gasteiger partial charge in [-0.05, 0) is 40.5 Å². The van der Waals surface area contributed by atoms with Crippen LogP contribution in [-0.4, -0.2) is 47.2 Å². The zero-order valence-electron chi connectivity index (χ0n) is 16.2. The Morgan fingerprint density at radius 2 is 1.74 bits per heavy atom. The highest BCUT2D eigenvalue weighted by Gasteiger charge is 2.28. The van der Waals surface area contributed by atoms with Crippen LogP contribution in [0.5, 0.6) is 0 Å². The highest BCUT2D eigenvalue weighted by molar-refractivity contribution is 8.77. The minimum Gasteiger partial charge on any atom is -0.374 e. The second-order valence-corrected chi connectivity index (χ2v) is 11.2. The standard InChI is InChI=1S/C19H39NOS2/c1-6-7-8-9-10-11-16-22-23-19(4,5)17-20-13-12-18(2,3)21-15-14-20/h6-17H2,1-5H3. The van der Waals surface area contributed by atoms with Gasteiger partial charge < -0.3 is 4.74 Å². The molecule has 0 radical (unpaired) electrons. The third-order valence-corrected chi connectivity index (χ3v) is 7.76. The molecular weight excluding hydrogens is 322 g/mol. The normalized spacial score (nSPS) is 19.7. The van der Waals surface area contributed by atoms with E-state index in [1.807, 2.05) is 0 Å². The fourth-order valence-corrected chi connectivity index (χ4v) is 5.61. The first kappa shape index (κ1) is 21.7. The maximum atomic E-state index is 5.93. The van der Waals surface area contributed by atoms with Crippen molar-refractivity contribution in [3.05, 3.63) is 0 Å². The third-order valence-electron chi connectivity index (χ3n) is 4.40. The molecule has 138 valence electrons. The van der Waals surface area contributed by atoms with Crippen molar-refractivity contribution >= 4 is 21.6 Å². The van der Waals surface area contributed by atoms with Crippen molar-refractivity contribution in [1.29, 1.82) is 0 Å². The summed E-state index contributed by atoms with van der Waals surface area (Å²) in [6.07, 6.45) is 9.52. The molecule has 0 aliphatic carbocycles. The minimum atomic E-state index is 0.0541. The van der Waals surface area contributed by atoms with Crippen LogP contribution in [0.4, 0.5) is 0 Å². The molecule has 1 heterocycles. The van der Waals surface area contributed by atoms with Crippen LogP contribution in [0.25, 0.3) is 0 Å². The van der Waals surface area contributed by atoms with Crippen LogP contribution in [-0.2, 0) is 4.74 Å². The number of hydrogen-bond donors (Lipinski definition) is 0. The molecule has 0 N–H and O–H groups in total. The highest BCUT2D eigenvalue weighted by atomic mass is 33.1. The number of hydrogen-bond acceptors (Lipinski definition) is 4. The van der Waals surface area contributed by atoms with Crippen LogP contribution < -0.4 is 0 Å². The molecule has 0 aromatic heterocycles. The molecular formula is C19H39NOS2.